The number of hydrogen-bond acceptors (Lipinski definition) is 4. The number of fused-ring (bicyclic) bond motifs is 1. The predicted octanol–water partition coefficient (Wildman–Crippen LogP) is 5.23. The van der Waals surface area contributed by atoms with Crippen molar-refractivity contribution in [1.82, 2.24) is 15.0 Å². The molecule has 0 unspecified atom stereocenters. The Hall–Kier alpha value is -3.41. The third-order valence-corrected chi connectivity index (χ3v) is 4.34. The van der Waals surface area contributed by atoms with E-state index in [9.17, 15) is 8.78 Å². The molecule has 1 aromatic carbocycles. The maximum absolute atomic E-state index is 14.4. The van der Waals surface area contributed by atoms with E-state index in [1.165, 1.54) is 18.2 Å². The molecule has 6 heteroatoms. The first-order valence-corrected chi connectivity index (χ1v) is 8.48. The molecule has 1 aliphatic rings. The number of pyridine rings is 1. The summed E-state index contributed by atoms with van der Waals surface area (Å²) in [4.78, 5) is 13.3. The lowest BCUT2D eigenvalue weighted by atomic mass is 10.0. The molecule has 0 atom stereocenters. The Morgan fingerprint density at radius 3 is 2.70 bits per heavy atom. The topological polar surface area (TPSA) is 50.7 Å². The Morgan fingerprint density at radius 1 is 1.04 bits per heavy atom. The number of nitrogens with one attached hydrogen (secondary N) is 1. The van der Waals surface area contributed by atoms with Crippen LogP contribution in [-0.4, -0.2) is 22.0 Å². The summed E-state index contributed by atoms with van der Waals surface area (Å²) in [6.45, 7) is 0. The lowest BCUT2D eigenvalue weighted by Crippen LogP contribution is -1.99. The molecule has 3 aromatic rings. The van der Waals surface area contributed by atoms with Crippen molar-refractivity contribution in [3.63, 3.8) is 0 Å². The van der Waals surface area contributed by atoms with Gasteiger partial charge in [0.2, 0.25) is 0 Å². The molecular formula is C21H16F2N4. The van der Waals surface area contributed by atoms with Gasteiger partial charge in [-0.05, 0) is 48.1 Å². The highest BCUT2D eigenvalue weighted by molar-refractivity contribution is 5.93. The summed E-state index contributed by atoms with van der Waals surface area (Å²) in [5.74, 6) is 0.368. The summed E-state index contributed by atoms with van der Waals surface area (Å²) < 4.78 is 27.9. The molecule has 0 radical (unpaired) electrons. The van der Waals surface area contributed by atoms with Crippen molar-refractivity contribution in [2.75, 3.05) is 12.4 Å². The number of halogens is 2. The van der Waals surface area contributed by atoms with E-state index < -0.39 is 5.83 Å². The molecule has 1 N–H and O–H groups in total. The molecule has 27 heavy (non-hydrogen) atoms. The highest BCUT2D eigenvalue weighted by Crippen LogP contribution is 2.31. The van der Waals surface area contributed by atoms with Crippen LogP contribution in [0, 0.1) is 0 Å². The summed E-state index contributed by atoms with van der Waals surface area (Å²) in [6.07, 6.45) is 7.25. The minimum Gasteiger partial charge on any atom is -0.373 e. The molecule has 1 aliphatic carbocycles. The van der Waals surface area contributed by atoms with Crippen molar-refractivity contribution in [3.8, 4) is 11.4 Å². The van der Waals surface area contributed by atoms with E-state index >= 15 is 0 Å². The lowest BCUT2D eigenvalue weighted by molar-refractivity contribution is 0.613. The fraction of sp³-hybridized carbons (Fsp3) is 0.0952. The van der Waals surface area contributed by atoms with Crippen molar-refractivity contribution in [2.24, 2.45) is 0 Å². The van der Waals surface area contributed by atoms with Gasteiger partial charge in [-0.25, -0.2) is 18.7 Å². The van der Waals surface area contributed by atoms with Crippen LogP contribution in [0.4, 0.5) is 14.6 Å². The molecule has 0 aliphatic heterocycles. The van der Waals surface area contributed by atoms with Crippen LogP contribution in [0.2, 0.25) is 0 Å². The van der Waals surface area contributed by atoms with E-state index in [4.69, 9.17) is 0 Å². The normalized spacial score (nSPS) is 14.3. The standard InChI is InChI=1S/C21H16F2N4/c1-24-21-17-7-4-13(16-8-5-15(22)6-9-18(16)23)11-19(17)26-20(27-21)14-3-2-10-25-12-14/h2-8,10-12H,9H2,1H3,(H,24,26,27). The van der Waals surface area contributed by atoms with Gasteiger partial charge in [-0.1, -0.05) is 6.07 Å². The second-order valence-electron chi connectivity index (χ2n) is 6.06. The Labute approximate surface area is 155 Å². The number of benzene rings is 1. The molecule has 0 amide bonds. The average Bonchev–Trinajstić information content (AvgIpc) is 2.88. The van der Waals surface area contributed by atoms with E-state index in [0.29, 0.717) is 28.3 Å². The highest BCUT2D eigenvalue weighted by Gasteiger charge is 2.13. The van der Waals surface area contributed by atoms with Crippen LogP contribution >= 0.6 is 0 Å². The van der Waals surface area contributed by atoms with Crippen LogP contribution in [-0.2, 0) is 0 Å². The fourth-order valence-corrected chi connectivity index (χ4v) is 2.98. The zero-order chi connectivity index (χ0) is 18.8. The molecule has 0 fully saturated rings. The van der Waals surface area contributed by atoms with E-state index in [1.54, 1.807) is 31.6 Å². The van der Waals surface area contributed by atoms with Gasteiger partial charge in [0.15, 0.2) is 5.82 Å². The summed E-state index contributed by atoms with van der Waals surface area (Å²) in [6, 6.07) is 9.11. The number of hydrogen-bond donors (Lipinski definition) is 1. The van der Waals surface area contributed by atoms with Crippen LogP contribution < -0.4 is 5.32 Å². The Kier molecular flexibility index (Phi) is 4.46. The molecule has 0 spiro atoms. The van der Waals surface area contributed by atoms with E-state index in [-0.39, 0.29) is 12.2 Å². The first kappa shape index (κ1) is 17.0. The molecule has 134 valence electrons. The van der Waals surface area contributed by atoms with Crippen molar-refractivity contribution in [3.05, 3.63) is 78.2 Å². The first-order valence-electron chi connectivity index (χ1n) is 8.48. The van der Waals surface area contributed by atoms with Crippen molar-refractivity contribution in [1.29, 1.82) is 0 Å². The highest BCUT2D eigenvalue weighted by atomic mass is 19.1. The summed E-state index contributed by atoms with van der Waals surface area (Å²) >= 11 is 0. The van der Waals surface area contributed by atoms with Gasteiger partial charge in [-0.2, -0.15) is 0 Å². The van der Waals surface area contributed by atoms with Crippen LogP contribution in [0.5, 0.6) is 0 Å². The number of allylic oxidation sites excluding steroid dienone is 6. The summed E-state index contributed by atoms with van der Waals surface area (Å²) in [5, 5.41) is 3.89. The summed E-state index contributed by atoms with van der Waals surface area (Å²) in [5.41, 5.74) is 2.44. The van der Waals surface area contributed by atoms with Crippen molar-refractivity contribution in [2.45, 2.75) is 6.42 Å². The zero-order valence-corrected chi connectivity index (χ0v) is 14.6. The smallest absolute Gasteiger partial charge is 0.163 e. The SMILES string of the molecule is CNc1nc(-c2cccnc2)nc2cc(C3=C(F)CC=C(F)C=C3)ccc12. The van der Waals surface area contributed by atoms with Gasteiger partial charge in [0.1, 0.15) is 17.5 Å². The van der Waals surface area contributed by atoms with Gasteiger partial charge in [0, 0.05) is 42.4 Å². The van der Waals surface area contributed by atoms with Crippen LogP contribution in [0.25, 0.3) is 27.9 Å². The number of nitrogens with zero attached hydrogens (tertiary/aromatic N) is 3. The molecule has 0 bridgehead atoms. The van der Waals surface area contributed by atoms with Crippen molar-refractivity contribution >= 4 is 22.3 Å². The van der Waals surface area contributed by atoms with Crippen LogP contribution in [0.3, 0.4) is 0 Å². The van der Waals surface area contributed by atoms with Gasteiger partial charge in [-0.15, -0.1) is 0 Å². The van der Waals surface area contributed by atoms with Gasteiger partial charge in [0.05, 0.1) is 5.52 Å². The lowest BCUT2D eigenvalue weighted by Gasteiger charge is -2.10. The van der Waals surface area contributed by atoms with Crippen LogP contribution in [0.1, 0.15) is 12.0 Å². The summed E-state index contributed by atoms with van der Waals surface area (Å²) in [7, 11) is 1.79. The number of anilines is 1. The van der Waals surface area contributed by atoms with E-state index in [1.807, 2.05) is 18.2 Å². The van der Waals surface area contributed by atoms with Crippen LogP contribution in [0.15, 0.2) is 72.6 Å². The molecule has 0 saturated heterocycles. The van der Waals surface area contributed by atoms with Gasteiger partial charge >= 0.3 is 0 Å². The second-order valence-corrected chi connectivity index (χ2v) is 6.06. The van der Waals surface area contributed by atoms with Gasteiger partial charge in [-0.3, -0.25) is 4.98 Å². The predicted molar refractivity (Wildman–Crippen MR) is 103 cm³/mol. The Balaban J connectivity index is 1.88. The second kappa shape index (κ2) is 7.07. The Bertz CT molecular complexity index is 1100. The first-order chi connectivity index (χ1) is 13.2. The molecule has 4 rings (SSSR count). The third kappa shape index (κ3) is 3.33. The molecule has 2 heterocycles. The van der Waals surface area contributed by atoms with Gasteiger partial charge < -0.3 is 5.32 Å². The fourth-order valence-electron chi connectivity index (χ4n) is 2.98. The number of rotatable bonds is 3. The Morgan fingerprint density at radius 2 is 1.93 bits per heavy atom. The number of aromatic nitrogens is 3. The third-order valence-electron chi connectivity index (χ3n) is 4.34. The van der Waals surface area contributed by atoms with Gasteiger partial charge in [0.25, 0.3) is 0 Å². The monoisotopic (exact) mass is 362 g/mol. The minimum atomic E-state index is -0.445. The zero-order valence-electron chi connectivity index (χ0n) is 14.6. The van der Waals surface area contributed by atoms with Crippen molar-refractivity contribution < 1.29 is 8.78 Å². The van der Waals surface area contributed by atoms with E-state index in [0.717, 1.165) is 10.9 Å². The average molecular weight is 362 g/mol. The quantitative estimate of drug-likeness (QED) is 0.693. The molecule has 0 saturated carbocycles. The maximum Gasteiger partial charge on any atom is 0.163 e. The minimum absolute atomic E-state index is 0.0708. The molecular weight excluding hydrogens is 346 g/mol. The molecule has 2 aromatic heterocycles. The largest absolute Gasteiger partial charge is 0.373 e. The van der Waals surface area contributed by atoms with E-state index in [2.05, 4.69) is 20.3 Å². The maximum atomic E-state index is 14.4. The molecule has 4 nitrogen and oxygen atoms in total.